The Balaban J connectivity index is 2.41. The van der Waals surface area contributed by atoms with Crippen molar-refractivity contribution in [2.24, 2.45) is 5.92 Å². The van der Waals surface area contributed by atoms with E-state index in [1.165, 1.54) is 0 Å². The average molecular weight is 288 g/mol. The number of hydrogen-bond acceptors (Lipinski definition) is 4. The van der Waals surface area contributed by atoms with Crippen LogP contribution in [-0.4, -0.2) is 10.1 Å². The van der Waals surface area contributed by atoms with E-state index < -0.39 is 5.92 Å². The summed E-state index contributed by atoms with van der Waals surface area (Å²) >= 11 is 0. The van der Waals surface area contributed by atoms with E-state index in [9.17, 15) is 10.4 Å². The fourth-order valence-electron chi connectivity index (χ4n) is 2.94. The molecule has 0 saturated heterocycles. The summed E-state index contributed by atoms with van der Waals surface area (Å²) in [5.41, 5.74) is 1.89. The molecule has 0 amide bonds. The average Bonchev–Trinajstić information content (AvgIpc) is 2.78. The Morgan fingerprint density at radius 2 is 2.24 bits per heavy atom. The first-order valence-electron chi connectivity index (χ1n) is 7.69. The molecule has 0 spiro atoms. The van der Waals surface area contributed by atoms with Crippen LogP contribution in [0.4, 0.5) is 0 Å². The molecule has 0 fully saturated rings. The molecular formula is C17H24N2O2. The monoisotopic (exact) mass is 288 g/mol. The Morgan fingerprint density at radius 3 is 2.81 bits per heavy atom. The fourth-order valence-corrected chi connectivity index (χ4v) is 2.94. The molecule has 0 bridgehead atoms. The van der Waals surface area contributed by atoms with Crippen LogP contribution in [0, 0.1) is 17.2 Å². The smallest absolute Gasteiger partial charge is 0.144 e. The van der Waals surface area contributed by atoms with Crippen LogP contribution in [0.5, 0.6) is 5.75 Å². The molecule has 2 atom stereocenters. The van der Waals surface area contributed by atoms with Crippen molar-refractivity contribution in [3.63, 3.8) is 0 Å². The molecule has 114 valence electrons. The third kappa shape index (κ3) is 2.75. The molecular weight excluding hydrogens is 264 g/mol. The SMILES string of the molecule is CCCCC1(C)OCc2c1cnc(C(C#N)C(C)C)c2O. The van der Waals surface area contributed by atoms with Gasteiger partial charge in [0.15, 0.2) is 0 Å². The Kier molecular flexibility index (Phi) is 4.53. The number of ether oxygens (including phenoxy) is 1. The van der Waals surface area contributed by atoms with Crippen molar-refractivity contribution in [1.29, 1.82) is 5.26 Å². The maximum atomic E-state index is 10.5. The van der Waals surface area contributed by atoms with Crippen LogP contribution in [0.15, 0.2) is 6.20 Å². The number of nitriles is 1. The van der Waals surface area contributed by atoms with Gasteiger partial charge in [-0.25, -0.2) is 0 Å². The molecule has 0 aromatic carbocycles. The predicted molar refractivity (Wildman–Crippen MR) is 80.8 cm³/mol. The largest absolute Gasteiger partial charge is 0.506 e. The zero-order chi connectivity index (χ0) is 15.6. The van der Waals surface area contributed by atoms with E-state index >= 15 is 0 Å². The second-order valence-corrected chi connectivity index (χ2v) is 6.36. The molecule has 2 rings (SSSR count). The van der Waals surface area contributed by atoms with Gasteiger partial charge in [-0.05, 0) is 19.3 Å². The second-order valence-electron chi connectivity index (χ2n) is 6.36. The number of aromatic hydroxyl groups is 1. The van der Waals surface area contributed by atoms with E-state index in [1.807, 2.05) is 13.8 Å². The summed E-state index contributed by atoms with van der Waals surface area (Å²) in [7, 11) is 0. The summed E-state index contributed by atoms with van der Waals surface area (Å²) in [4.78, 5) is 4.39. The van der Waals surface area contributed by atoms with E-state index in [-0.39, 0.29) is 17.3 Å². The molecule has 1 aliphatic heterocycles. The lowest BCUT2D eigenvalue weighted by Gasteiger charge is -2.24. The zero-order valence-corrected chi connectivity index (χ0v) is 13.3. The van der Waals surface area contributed by atoms with E-state index in [1.54, 1.807) is 6.20 Å². The van der Waals surface area contributed by atoms with E-state index in [2.05, 4.69) is 24.9 Å². The van der Waals surface area contributed by atoms with Gasteiger partial charge in [0.2, 0.25) is 0 Å². The van der Waals surface area contributed by atoms with Crippen LogP contribution in [0.2, 0.25) is 0 Å². The molecule has 4 nitrogen and oxygen atoms in total. The molecule has 2 heterocycles. The van der Waals surface area contributed by atoms with Gasteiger partial charge in [-0.1, -0.05) is 33.6 Å². The number of rotatable bonds is 5. The van der Waals surface area contributed by atoms with Crippen molar-refractivity contribution in [2.45, 2.75) is 65.1 Å². The quantitative estimate of drug-likeness (QED) is 0.889. The van der Waals surface area contributed by atoms with Crippen LogP contribution in [0.25, 0.3) is 0 Å². The minimum atomic E-state index is -0.391. The maximum absolute atomic E-state index is 10.5. The van der Waals surface area contributed by atoms with Gasteiger partial charge >= 0.3 is 0 Å². The lowest BCUT2D eigenvalue weighted by Crippen LogP contribution is -2.21. The fraction of sp³-hybridized carbons (Fsp3) is 0.647. The normalized spacial score (nSPS) is 22.1. The second kappa shape index (κ2) is 6.03. The van der Waals surface area contributed by atoms with Crippen molar-refractivity contribution in [1.82, 2.24) is 4.98 Å². The molecule has 1 aromatic rings. The molecule has 1 aromatic heterocycles. The van der Waals surface area contributed by atoms with Crippen LogP contribution in [-0.2, 0) is 16.9 Å². The number of hydrogen-bond donors (Lipinski definition) is 1. The van der Waals surface area contributed by atoms with Gasteiger partial charge in [-0.3, -0.25) is 4.98 Å². The molecule has 0 radical (unpaired) electrons. The van der Waals surface area contributed by atoms with Crippen LogP contribution in [0.1, 0.15) is 69.7 Å². The predicted octanol–water partition coefficient (Wildman–Crippen LogP) is 3.99. The molecule has 0 saturated carbocycles. The van der Waals surface area contributed by atoms with Gasteiger partial charge in [0.1, 0.15) is 5.75 Å². The molecule has 1 N–H and O–H groups in total. The van der Waals surface area contributed by atoms with Gasteiger partial charge < -0.3 is 9.84 Å². The Morgan fingerprint density at radius 1 is 1.52 bits per heavy atom. The van der Waals surface area contributed by atoms with Gasteiger partial charge in [-0.15, -0.1) is 0 Å². The number of unbranched alkanes of at least 4 members (excludes halogenated alkanes) is 1. The highest BCUT2D eigenvalue weighted by Crippen LogP contribution is 2.45. The van der Waals surface area contributed by atoms with Crippen molar-refractivity contribution in [3.8, 4) is 11.8 Å². The first-order chi connectivity index (χ1) is 9.94. The highest BCUT2D eigenvalue weighted by molar-refractivity contribution is 5.47. The molecule has 0 aliphatic carbocycles. The summed E-state index contributed by atoms with van der Waals surface area (Å²) in [6, 6.07) is 2.24. The molecule has 2 unspecified atom stereocenters. The summed E-state index contributed by atoms with van der Waals surface area (Å²) in [6.45, 7) is 8.53. The van der Waals surface area contributed by atoms with Crippen molar-refractivity contribution in [2.75, 3.05) is 0 Å². The lowest BCUT2D eigenvalue weighted by atomic mass is 9.87. The zero-order valence-electron chi connectivity index (χ0n) is 13.3. The Labute approximate surface area is 126 Å². The third-order valence-electron chi connectivity index (χ3n) is 4.40. The minimum Gasteiger partial charge on any atom is -0.506 e. The summed E-state index contributed by atoms with van der Waals surface area (Å²) in [5, 5.41) is 19.8. The van der Waals surface area contributed by atoms with Crippen molar-refractivity contribution < 1.29 is 9.84 Å². The van der Waals surface area contributed by atoms with Gasteiger partial charge in [-0.2, -0.15) is 5.26 Å². The molecule has 21 heavy (non-hydrogen) atoms. The minimum absolute atomic E-state index is 0.111. The van der Waals surface area contributed by atoms with Crippen LogP contribution in [0.3, 0.4) is 0 Å². The lowest BCUT2D eigenvalue weighted by molar-refractivity contribution is -0.0312. The highest BCUT2D eigenvalue weighted by Gasteiger charge is 2.38. The Bertz CT molecular complexity index is 563. The van der Waals surface area contributed by atoms with Crippen LogP contribution < -0.4 is 0 Å². The number of aromatic nitrogens is 1. The van der Waals surface area contributed by atoms with E-state index in [0.29, 0.717) is 12.3 Å². The van der Waals surface area contributed by atoms with Crippen molar-refractivity contribution in [3.05, 3.63) is 23.0 Å². The van der Waals surface area contributed by atoms with Gasteiger partial charge in [0.25, 0.3) is 0 Å². The van der Waals surface area contributed by atoms with Gasteiger partial charge in [0.05, 0.1) is 29.9 Å². The topological polar surface area (TPSA) is 66.1 Å². The Hall–Kier alpha value is -1.60. The van der Waals surface area contributed by atoms with Crippen LogP contribution >= 0.6 is 0 Å². The standard InChI is InChI=1S/C17H24N2O2/c1-5-6-7-17(4)14-9-19-15(12(8-18)11(2)3)16(20)13(14)10-21-17/h9,11-12,20H,5-7,10H2,1-4H3. The molecule has 4 heteroatoms. The maximum Gasteiger partial charge on any atom is 0.144 e. The molecule has 1 aliphatic rings. The third-order valence-corrected chi connectivity index (χ3v) is 4.40. The summed E-state index contributed by atoms with van der Waals surface area (Å²) in [6.07, 6.45) is 4.89. The van der Waals surface area contributed by atoms with E-state index in [0.717, 1.165) is 30.4 Å². The van der Waals surface area contributed by atoms with Crippen molar-refractivity contribution >= 4 is 0 Å². The first-order valence-corrected chi connectivity index (χ1v) is 7.69. The summed E-state index contributed by atoms with van der Waals surface area (Å²) < 4.78 is 5.94. The number of pyridine rings is 1. The number of fused-ring (bicyclic) bond motifs is 1. The number of nitrogens with zero attached hydrogens (tertiary/aromatic N) is 2. The van der Waals surface area contributed by atoms with E-state index in [4.69, 9.17) is 4.74 Å². The van der Waals surface area contributed by atoms with Gasteiger partial charge in [0, 0.05) is 17.3 Å². The highest BCUT2D eigenvalue weighted by atomic mass is 16.5. The first kappa shape index (κ1) is 15.8. The summed E-state index contributed by atoms with van der Waals surface area (Å²) in [5.74, 6) is -0.133.